The van der Waals surface area contributed by atoms with Crippen LogP contribution in [0.4, 0.5) is 15.9 Å². The molecule has 1 saturated heterocycles. The van der Waals surface area contributed by atoms with Crippen molar-refractivity contribution in [3.8, 4) is 0 Å². The van der Waals surface area contributed by atoms with E-state index in [1.807, 2.05) is 51.2 Å². The number of aryl methyl sites for hydroxylation is 1. The van der Waals surface area contributed by atoms with Crippen LogP contribution in [0.15, 0.2) is 60.8 Å². The molecule has 0 unspecified atom stereocenters. The largest absolute Gasteiger partial charge is 0.344 e. The van der Waals surface area contributed by atoms with Crippen molar-refractivity contribution in [1.29, 1.82) is 0 Å². The highest BCUT2D eigenvalue weighted by atomic mass is 19.1. The molecule has 252 valence electrons. The maximum atomic E-state index is 15.8. The number of likely N-dealkylation sites (N-methyl/N-ethyl adjacent to an activating group) is 1. The molecule has 1 aliphatic heterocycles. The Morgan fingerprint density at radius 2 is 1.70 bits per heavy atom. The van der Waals surface area contributed by atoms with Crippen LogP contribution < -0.4 is 15.5 Å². The lowest BCUT2D eigenvalue weighted by atomic mass is 9.87. The van der Waals surface area contributed by atoms with Gasteiger partial charge in [0.1, 0.15) is 23.7 Å². The maximum absolute atomic E-state index is 15.8. The topological polar surface area (TPSA) is 120 Å². The molecule has 1 aromatic heterocycles. The average Bonchev–Trinajstić information content (AvgIpc) is 3.56. The summed E-state index contributed by atoms with van der Waals surface area (Å²) in [6.07, 6.45) is 2.91. The van der Waals surface area contributed by atoms with E-state index in [1.54, 1.807) is 41.8 Å². The van der Waals surface area contributed by atoms with Crippen molar-refractivity contribution < 1.29 is 23.6 Å². The van der Waals surface area contributed by atoms with Gasteiger partial charge in [-0.3, -0.25) is 24.1 Å². The third-order valence-electron chi connectivity index (χ3n) is 8.98. The lowest BCUT2D eigenvalue weighted by Gasteiger charge is -2.36. The summed E-state index contributed by atoms with van der Waals surface area (Å²) in [5, 5.41) is 9.86. The van der Waals surface area contributed by atoms with Crippen LogP contribution in [0.2, 0.25) is 0 Å². The standard InChI is InChI=1S/C35H46FN7O4/c1-6-27(25-12-10-9-11-13-25)33(42(23-44)31-16-17-37-43(31)8-3)34(46)38-29-15-14-26(22-28(29)36)24(4)32(39-30(45)7-2)35(47)41-20-18-40(5)19-21-41/h9-17,22-24,27,32-33H,6-8,18-21H2,1-5H3,(H,38,46)(H,39,45)/t24-,27-,32+,33-/m0/s1. The molecule has 0 saturated carbocycles. The van der Waals surface area contributed by atoms with Gasteiger partial charge in [-0.2, -0.15) is 5.10 Å². The van der Waals surface area contributed by atoms with E-state index in [0.29, 0.717) is 43.8 Å². The van der Waals surface area contributed by atoms with Gasteiger partial charge in [0.25, 0.3) is 0 Å². The van der Waals surface area contributed by atoms with Crippen molar-refractivity contribution in [1.82, 2.24) is 24.9 Å². The van der Waals surface area contributed by atoms with Crippen LogP contribution in [-0.2, 0) is 25.7 Å². The summed E-state index contributed by atoms with van der Waals surface area (Å²) >= 11 is 0. The SMILES string of the molecule is CCC(=O)N[C@@H](C(=O)N1CCN(C)CC1)[C@@H](C)c1ccc(NC(=O)[C@H]([C@@H](CC)c2ccccc2)N(C=O)c2ccnn2CC)c(F)c1. The third kappa shape index (κ3) is 8.23. The van der Waals surface area contributed by atoms with Crippen molar-refractivity contribution in [2.45, 2.75) is 71.0 Å². The predicted octanol–water partition coefficient (Wildman–Crippen LogP) is 3.98. The molecule has 11 nitrogen and oxygen atoms in total. The van der Waals surface area contributed by atoms with Gasteiger partial charge in [-0.05, 0) is 43.7 Å². The molecular formula is C35H46FN7O4. The van der Waals surface area contributed by atoms with Gasteiger partial charge in [-0.25, -0.2) is 9.07 Å². The number of amides is 4. The Balaban J connectivity index is 1.63. The molecule has 0 aliphatic carbocycles. The average molecular weight is 648 g/mol. The van der Waals surface area contributed by atoms with Crippen molar-refractivity contribution in [2.24, 2.45) is 0 Å². The van der Waals surface area contributed by atoms with Crippen LogP contribution in [-0.4, -0.2) is 89.0 Å². The minimum Gasteiger partial charge on any atom is -0.344 e. The highest BCUT2D eigenvalue weighted by Gasteiger charge is 2.37. The molecule has 2 N–H and O–H groups in total. The van der Waals surface area contributed by atoms with E-state index in [4.69, 9.17) is 0 Å². The zero-order chi connectivity index (χ0) is 34.1. The smallest absolute Gasteiger partial charge is 0.248 e. The molecule has 3 aromatic rings. The van der Waals surface area contributed by atoms with Gasteiger partial charge in [0.2, 0.25) is 24.1 Å². The van der Waals surface area contributed by atoms with Gasteiger partial charge in [0.15, 0.2) is 0 Å². The normalized spacial score (nSPS) is 16.1. The molecule has 12 heteroatoms. The van der Waals surface area contributed by atoms with Gasteiger partial charge in [-0.1, -0.05) is 57.2 Å². The van der Waals surface area contributed by atoms with E-state index < -0.39 is 35.6 Å². The molecule has 47 heavy (non-hydrogen) atoms. The first-order valence-corrected chi connectivity index (χ1v) is 16.3. The number of piperazine rings is 1. The molecular weight excluding hydrogens is 601 g/mol. The first kappa shape index (κ1) is 35.3. The fourth-order valence-electron chi connectivity index (χ4n) is 6.11. The second kappa shape index (κ2) is 16.3. The van der Waals surface area contributed by atoms with Gasteiger partial charge < -0.3 is 20.4 Å². The van der Waals surface area contributed by atoms with Gasteiger partial charge >= 0.3 is 0 Å². The molecule has 2 aromatic carbocycles. The third-order valence-corrected chi connectivity index (χ3v) is 8.98. The fraction of sp³-hybridized carbons (Fsp3) is 0.457. The monoisotopic (exact) mass is 647 g/mol. The van der Waals surface area contributed by atoms with E-state index in [0.717, 1.165) is 18.7 Å². The fourth-order valence-corrected chi connectivity index (χ4v) is 6.11. The molecule has 4 atom stereocenters. The van der Waals surface area contributed by atoms with E-state index in [-0.39, 0.29) is 23.9 Å². The highest BCUT2D eigenvalue weighted by Crippen LogP contribution is 2.32. The van der Waals surface area contributed by atoms with Gasteiger partial charge in [0.05, 0.1) is 11.9 Å². The molecule has 0 radical (unpaired) electrons. The Hall–Kier alpha value is -4.58. The quantitative estimate of drug-likeness (QED) is 0.256. The van der Waals surface area contributed by atoms with Gasteiger partial charge in [-0.15, -0.1) is 0 Å². The number of carbonyl (C=O) groups is 4. The van der Waals surface area contributed by atoms with E-state index in [2.05, 4.69) is 20.6 Å². The number of nitrogens with one attached hydrogen (secondary N) is 2. The van der Waals surface area contributed by atoms with Crippen LogP contribution in [0.3, 0.4) is 0 Å². The zero-order valence-electron chi connectivity index (χ0n) is 27.9. The van der Waals surface area contributed by atoms with Crippen molar-refractivity contribution in [3.63, 3.8) is 0 Å². The Kier molecular flexibility index (Phi) is 12.2. The number of rotatable bonds is 14. The van der Waals surface area contributed by atoms with E-state index >= 15 is 4.39 Å². The number of aromatic nitrogens is 2. The second-order valence-electron chi connectivity index (χ2n) is 11.9. The maximum Gasteiger partial charge on any atom is 0.248 e. The van der Waals surface area contributed by atoms with Crippen molar-refractivity contribution in [3.05, 3.63) is 77.7 Å². The summed E-state index contributed by atoms with van der Waals surface area (Å²) in [6, 6.07) is 13.6. The Bertz CT molecular complexity index is 1520. The number of halogens is 1. The number of hydrogen-bond donors (Lipinski definition) is 2. The Labute approximate surface area is 276 Å². The summed E-state index contributed by atoms with van der Waals surface area (Å²) in [6.45, 7) is 10.3. The summed E-state index contributed by atoms with van der Waals surface area (Å²) in [7, 11) is 1.99. The summed E-state index contributed by atoms with van der Waals surface area (Å²) < 4.78 is 17.4. The first-order chi connectivity index (χ1) is 22.6. The molecule has 2 heterocycles. The number of hydrogen-bond acceptors (Lipinski definition) is 6. The van der Waals surface area contributed by atoms with Crippen molar-refractivity contribution in [2.75, 3.05) is 43.4 Å². The minimum absolute atomic E-state index is 0.0618. The number of anilines is 2. The summed E-state index contributed by atoms with van der Waals surface area (Å²) in [5.74, 6) is -2.24. The van der Waals surface area contributed by atoms with Gasteiger partial charge in [0, 0.05) is 57.0 Å². The second-order valence-corrected chi connectivity index (χ2v) is 11.9. The minimum atomic E-state index is -1.02. The van der Waals surface area contributed by atoms with Crippen LogP contribution in [0.25, 0.3) is 0 Å². The lowest BCUT2D eigenvalue weighted by molar-refractivity contribution is -0.138. The van der Waals surface area contributed by atoms with Crippen LogP contribution in [0.5, 0.6) is 0 Å². The summed E-state index contributed by atoms with van der Waals surface area (Å²) in [4.78, 5) is 58.0. The molecule has 1 aliphatic rings. The van der Waals surface area contributed by atoms with Crippen LogP contribution >= 0.6 is 0 Å². The number of nitrogens with zero attached hydrogens (tertiary/aromatic N) is 5. The predicted molar refractivity (Wildman–Crippen MR) is 179 cm³/mol. The molecule has 1 fully saturated rings. The highest BCUT2D eigenvalue weighted by molar-refractivity contribution is 6.01. The molecule has 0 spiro atoms. The molecule has 0 bridgehead atoms. The number of carbonyl (C=O) groups excluding carboxylic acids is 4. The lowest BCUT2D eigenvalue weighted by Crippen LogP contribution is -2.55. The van der Waals surface area contributed by atoms with E-state index in [1.165, 1.54) is 17.0 Å². The first-order valence-electron chi connectivity index (χ1n) is 16.3. The number of benzene rings is 2. The summed E-state index contributed by atoms with van der Waals surface area (Å²) in [5.41, 5.74) is 1.30. The van der Waals surface area contributed by atoms with Crippen LogP contribution in [0, 0.1) is 5.82 Å². The molecule has 4 rings (SSSR count). The van der Waals surface area contributed by atoms with Crippen molar-refractivity contribution >= 4 is 35.6 Å². The van der Waals surface area contributed by atoms with Crippen LogP contribution in [0.1, 0.15) is 63.5 Å². The van der Waals surface area contributed by atoms with E-state index in [9.17, 15) is 19.2 Å². The Morgan fingerprint density at radius 1 is 1.00 bits per heavy atom. The molecule has 4 amide bonds. The Morgan fingerprint density at radius 3 is 2.30 bits per heavy atom. The zero-order valence-corrected chi connectivity index (χ0v) is 27.9.